The van der Waals surface area contributed by atoms with Crippen molar-refractivity contribution in [3.8, 4) is 0 Å². The maximum Gasteiger partial charge on any atom is 0.0227 e. The van der Waals surface area contributed by atoms with Crippen LogP contribution < -0.4 is 5.32 Å². The second-order valence-electron chi connectivity index (χ2n) is 3.30. The molecule has 3 unspecified atom stereocenters. The standard InChI is InChI=1S/C7H13N/c1-5-2-3-6-7(4-5)8-6/h5-8H,2-4H2,1H3. The van der Waals surface area contributed by atoms with Crippen LogP contribution in [0.3, 0.4) is 0 Å². The first-order valence-corrected chi connectivity index (χ1v) is 3.62. The van der Waals surface area contributed by atoms with Crippen molar-refractivity contribution in [2.75, 3.05) is 0 Å². The molecule has 0 aromatic rings. The van der Waals surface area contributed by atoms with Crippen LogP contribution in [-0.4, -0.2) is 12.1 Å². The molecule has 3 atom stereocenters. The van der Waals surface area contributed by atoms with E-state index in [9.17, 15) is 0 Å². The van der Waals surface area contributed by atoms with Gasteiger partial charge in [-0.1, -0.05) is 6.92 Å². The molecule has 0 spiro atoms. The quantitative estimate of drug-likeness (QED) is 0.465. The van der Waals surface area contributed by atoms with Crippen molar-refractivity contribution < 1.29 is 0 Å². The van der Waals surface area contributed by atoms with Crippen molar-refractivity contribution in [2.45, 2.75) is 38.3 Å². The maximum atomic E-state index is 3.46. The summed E-state index contributed by atoms with van der Waals surface area (Å²) in [4.78, 5) is 0. The lowest BCUT2D eigenvalue weighted by atomic mass is 9.91. The van der Waals surface area contributed by atoms with E-state index in [1.54, 1.807) is 0 Å². The summed E-state index contributed by atoms with van der Waals surface area (Å²) in [5.41, 5.74) is 0. The molecule has 1 nitrogen and oxygen atoms in total. The molecule has 1 N–H and O–H groups in total. The number of hydrogen-bond acceptors (Lipinski definition) is 1. The molecule has 0 aromatic carbocycles. The van der Waals surface area contributed by atoms with Gasteiger partial charge in [0.2, 0.25) is 0 Å². The molecule has 2 rings (SSSR count). The topological polar surface area (TPSA) is 21.9 Å². The van der Waals surface area contributed by atoms with Gasteiger partial charge in [-0.15, -0.1) is 0 Å². The molecule has 2 aliphatic rings. The predicted octanol–water partition coefficient (Wildman–Crippen LogP) is 1.15. The van der Waals surface area contributed by atoms with Crippen LogP contribution in [0, 0.1) is 5.92 Å². The average molecular weight is 111 g/mol. The lowest BCUT2D eigenvalue weighted by Gasteiger charge is -2.13. The first kappa shape index (κ1) is 4.80. The Hall–Kier alpha value is -0.0400. The summed E-state index contributed by atoms with van der Waals surface area (Å²) in [6.45, 7) is 2.36. The molecular formula is C7H13N. The highest BCUT2D eigenvalue weighted by Gasteiger charge is 2.39. The molecule has 0 amide bonds. The summed E-state index contributed by atoms with van der Waals surface area (Å²) in [5.74, 6) is 0.992. The molecular weight excluding hydrogens is 98.1 g/mol. The van der Waals surface area contributed by atoms with Crippen LogP contribution in [-0.2, 0) is 0 Å². The number of fused-ring (bicyclic) bond motifs is 1. The number of hydrogen-bond donors (Lipinski definition) is 1. The van der Waals surface area contributed by atoms with Crippen LogP contribution >= 0.6 is 0 Å². The van der Waals surface area contributed by atoms with Crippen LogP contribution in [0.4, 0.5) is 0 Å². The smallest absolute Gasteiger partial charge is 0.0227 e. The molecule has 0 radical (unpaired) electrons. The fraction of sp³-hybridized carbons (Fsp3) is 1.00. The van der Waals surface area contributed by atoms with Crippen molar-refractivity contribution in [2.24, 2.45) is 5.92 Å². The Morgan fingerprint density at radius 1 is 1.25 bits per heavy atom. The monoisotopic (exact) mass is 111 g/mol. The van der Waals surface area contributed by atoms with Crippen molar-refractivity contribution in [1.29, 1.82) is 0 Å². The van der Waals surface area contributed by atoms with Gasteiger partial charge in [0.25, 0.3) is 0 Å². The highest BCUT2D eigenvalue weighted by Crippen LogP contribution is 2.32. The molecule has 0 bridgehead atoms. The van der Waals surface area contributed by atoms with E-state index >= 15 is 0 Å². The fourth-order valence-corrected chi connectivity index (χ4v) is 1.75. The Bertz CT molecular complexity index is 101. The highest BCUT2D eigenvalue weighted by molar-refractivity contribution is 5.01. The second-order valence-corrected chi connectivity index (χ2v) is 3.30. The van der Waals surface area contributed by atoms with E-state index in [2.05, 4.69) is 12.2 Å². The lowest BCUT2D eigenvalue weighted by molar-refractivity contribution is 0.429. The zero-order valence-electron chi connectivity index (χ0n) is 5.35. The van der Waals surface area contributed by atoms with Gasteiger partial charge < -0.3 is 5.32 Å². The van der Waals surface area contributed by atoms with Gasteiger partial charge in [-0.05, 0) is 25.2 Å². The zero-order valence-corrected chi connectivity index (χ0v) is 5.35. The number of nitrogens with one attached hydrogen (secondary N) is 1. The summed E-state index contributed by atoms with van der Waals surface area (Å²) in [7, 11) is 0. The van der Waals surface area contributed by atoms with Gasteiger partial charge in [0.1, 0.15) is 0 Å². The summed E-state index contributed by atoms with van der Waals surface area (Å²) >= 11 is 0. The van der Waals surface area contributed by atoms with Crippen LogP contribution in [0.2, 0.25) is 0 Å². The molecule has 1 aliphatic heterocycles. The first-order valence-electron chi connectivity index (χ1n) is 3.62. The van der Waals surface area contributed by atoms with E-state index in [1.165, 1.54) is 19.3 Å². The van der Waals surface area contributed by atoms with Crippen molar-refractivity contribution >= 4 is 0 Å². The van der Waals surface area contributed by atoms with E-state index in [0.29, 0.717) is 0 Å². The van der Waals surface area contributed by atoms with Crippen molar-refractivity contribution in [1.82, 2.24) is 5.32 Å². The zero-order chi connectivity index (χ0) is 5.56. The summed E-state index contributed by atoms with van der Waals surface area (Å²) < 4.78 is 0. The van der Waals surface area contributed by atoms with Gasteiger partial charge >= 0.3 is 0 Å². The minimum atomic E-state index is 0.929. The van der Waals surface area contributed by atoms with E-state index in [0.717, 1.165) is 18.0 Å². The Labute approximate surface area is 50.5 Å². The van der Waals surface area contributed by atoms with Gasteiger partial charge in [-0.2, -0.15) is 0 Å². The molecule has 1 saturated heterocycles. The third-order valence-electron chi connectivity index (χ3n) is 2.43. The van der Waals surface area contributed by atoms with Gasteiger partial charge in [-0.25, -0.2) is 0 Å². The minimum Gasteiger partial charge on any atom is -0.308 e. The highest BCUT2D eigenvalue weighted by atomic mass is 15.1. The molecule has 0 aromatic heterocycles. The van der Waals surface area contributed by atoms with Crippen molar-refractivity contribution in [3.05, 3.63) is 0 Å². The SMILES string of the molecule is CC1CCC2NC2C1. The number of rotatable bonds is 0. The molecule has 46 valence electrons. The van der Waals surface area contributed by atoms with Crippen molar-refractivity contribution in [3.63, 3.8) is 0 Å². The molecule has 1 saturated carbocycles. The maximum absolute atomic E-state index is 3.46. The first-order chi connectivity index (χ1) is 3.86. The normalized spacial score (nSPS) is 52.9. The lowest BCUT2D eigenvalue weighted by Crippen LogP contribution is -2.09. The Morgan fingerprint density at radius 2 is 2.12 bits per heavy atom. The third kappa shape index (κ3) is 0.655. The van der Waals surface area contributed by atoms with Crippen LogP contribution in [0.15, 0.2) is 0 Å². The Morgan fingerprint density at radius 3 is 2.75 bits per heavy atom. The molecule has 1 heterocycles. The minimum absolute atomic E-state index is 0.929. The Balaban J connectivity index is 1.93. The fourth-order valence-electron chi connectivity index (χ4n) is 1.75. The van der Waals surface area contributed by atoms with E-state index in [-0.39, 0.29) is 0 Å². The molecule has 1 heteroatoms. The summed E-state index contributed by atoms with van der Waals surface area (Å²) in [6.07, 6.45) is 4.32. The van der Waals surface area contributed by atoms with Gasteiger partial charge in [0.15, 0.2) is 0 Å². The summed E-state index contributed by atoms with van der Waals surface area (Å²) in [5, 5.41) is 3.46. The van der Waals surface area contributed by atoms with Crippen LogP contribution in [0.1, 0.15) is 26.2 Å². The molecule has 8 heavy (non-hydrogen) atoms. The van der Waals surface area contributed by atoms with E-state index < -0.39 is 0 Å². The average Bonchev–Trinajstić information content (AvgIpc) is 2.43. The van der Waals surface area contributed by atoms with Gasteiger partial charge in [0.05, 0.1) is 0 Å². The second kappa shape index (κ2) is 1.47. The van der Waals surface area contributed by atoms with Crippen LogP contribution in [0.5, 0.6) is 0 Å². The van der Waals surface area contributed by atoms with Crippen LogP contribution in [0.25, 0.3) is 0 Å². The van der Waals surface area contributed by atoms with E-state index in [1.807, 2.05) is 0 Å². The third-order valence-corrected chi connectivity index (χ3v) is 2.43. The van der Waals surface area contributed by atoms with E-state index in [4.69, 9.17) is 0 Å². The summed E-state index contributed by atoms with van der Waals surface area (Å²) in [6, 6.07) is 1.87. The predicted molar refractivity (Wildman–Crippen MR) is 33.7 cm³/mol. The molecule has 1 aliphatic carbocycles. The largest absolute Gasteiger partial charge is 0.308 e. The van der Waals surface area contributed by atoms with Gasteiger partial charge in [0, 0.05) is 12.1 Å². The van der Waals surface area contributed by atoms with Gasteiger partial charge in [-0.3, -0.25) is 0 Å². The molecule has 2 fully saturated rings. The Kier molecular flexibility index (Phi) is 0.884.